The fourth-order valence-corrected chi connectivity index (χ4v) is 4.82. The van der Waals surface area contributed by atoms with E-state index in [9.17, 15) is 18.0 Å². The van der Waals surface area contributed by atoms with Gasteiger partial charge in [-0.1, -0.05) is 44.5 Å². The monoisotopic (exact) mass is 540 g/mol. The van der Waals surface area contributed by atoms with Crippen LogP contribution in [0, 0.1) is 17.5 Å². The standard InChI is InChI=1S/C32H35F3O4/c1-3-5-19-38-29-17-10-23(20-28(29)33)21-6-13-25(14-7-21)39-32(36)27-16-15-26(30(34)31(27)35)22-8-11-24(12-9-22)37-18-4-2/h8-12,15-17,20-21,25H,3-7,13-14,18-19H2,1-2H3. The van der Waals surface area contributed by atoms with Crippen LogP contribution in [0.2, 0.25) is 0 Å². The molecule has 0 aliphatic heterocycles. The summed E-state index contributed by atoms with van der Waals surface area (Å²) >= 11 is 0. The third-order valence-electron chi connectivity index (χ3n) is 7.07. The fraction of sp³-hybridized carbons (Fsp3) is 0.406. The lowest BCUT2D eigenvalue weighted by atomic mass is 9.82. The minimum atomic E-state index is -1.23. The number of rotatable bonds is 11. The largest absolute Gasteiger partial charge is 0.494 e. The predicted octanol–water partition coefficient (Wildman–Crippen LogP) is 8.62. The third-order valence-corrected chi connectivity index (χ3v) is 7.07. The Morgan fingerprint density at radius 2 is 1.56 bits per heavy atom. The van der Waals surface area contributed by atoms with E-state index < -0.39 is 29.3 Å². The lowest BCUT2D eigenvalue weighted by Crippen LogP contribution is -2.24. The van der Waals surface area contributed by atoms with Gasteiger partial charge in [-0.25, -0.2) is 18.0 Å². The van der Waals surface area contributed by atoms with Crippen LogP contribution in [0.1, 0.15) is 80.6 Å². The average Bonchev–Trinajstić information content (AvgIpc) is 2.95. The Morgan fingerprint density at radius 1 is 0.821 bits per heavy atom. The molecule has 39 heavy (non-hydrogen) atoms. The number of hydrogen-bond acceptors (Lipinski definition) is 4. The van der Waals surface area contributed by atoms with Gasteiger partial charge in [0.05, 0.1) is 18.8 Å². The second-order valence-electron chi connectivity index (χ2n) is 9.93. The summed E-state index contributed by atoms with van der Waals surface area (Å²) in [5.41, 5.74) is 0.988. The van der Waals surface area contributed by atoms with E-state index in [0.717, 1.165) is 24.8 Å². The molecular formula is C32H35F3O4. The Balaban J connectivity index is 1.34. The Labute approximate surface area is 228 Å². The van der Waals surface area contributed by atoms with Crippen LogP contribution in [-0.2, 0) is 4.74 Å². The van der Waals surface area contributed by atoms with Crippen LogP contribution in [0.4, 0.5) is 13.2 Å². The first-order chi connectivity index (χ1) is 18.9. The van der Waals surface area contributed by atoms with Gasteiger partial charge < -0.3 is 14.2 Å². The molecule has 4 nitrogen and oxygen atoms in total. The summed E-state index contributed by atoms with van der Waals surface area (Å²) in [6.07, 6.45) is 4.81. The highest BCUT2D eigenvalue weighted by atomic mass is 19.2. The highest BCUT2D eigenvalue weighted by Crippen LogP contribution is 2.36. The van der Waals surface area contributed by atoms with Gasteiger partial charge >= 0.3 is 5.97 Å². The summed E-state index contributed by atoms with van der Waals surface area (Å²) in [4.78, 5) is 12.7. The van der Waals surface area contributed by atoms with Crippen LogP contribution in [0.3, 0.4) is 0 Å². The molecule has 3 aromatic carbocycles. The van der Waals surface area contributed by atoms with Gasteiger partial charge in [-0.15, -0.1) is 0 Å². The Morgan fingerprint density at radius 3 is 2.23 bits per heavy atom. The van der Waals surface area contributed by atoms with Gasteiger partial charge in [-0.2, -0.15) is 0 Å². The SMILES string of the molecule is CCCCOc1ccc(C2CCC(OC(=O)c3ccc(-c4ccc(OCCC)cc4)c(F)c3F)CC2)cc1F. The fourth-order valence-electron chi connectivity index (χ4n) is 4.82. The molecule has 0 amide bonds. The smallest absolute Gasteiger partial charge is 0.341 e. The molecule has 4 rings (SSSR count). The van der Waals surface area contributed by atoms with Crippen LogP contribution in [0.15, 0.2) is 54.6 Å². The van der Waals surface area contributed by atoms with Gasteiger partial charge in [0.25, 0.3) is 0 Å². The molecule has 0 atom stereocenters. The molecule has 208 valence electrons. The molecule has 3 aromatic rings. The number of hydrogen-bond donors (Lipinski definition) is 0. The van der Waals surface area contributed by atoms with E-state index >= 15 is 0 Å². The number of carbonyl (C=O) groups is 1. The molecule has 0 N–H and O–H groups in total. The average molecular weight is 541 g/mol. The van der Waals surface area contributed by atoms with E-state index in [1.165, 1.54) is 18.2 Å². The number of ether oxygens (including phenoxy) is 3. The van der Waals surface area contributed by atoms with Gasteiger partial charge in [-0.05, 0) is 85.9 Å². The molecule has 0 saturated heterocycles. The first kappa shape index (κ1) is 28.5. The van der Waals surface area contributed by atoms with Crippen LogP contribution >= 0.6 is 0 Å². The zero-order valence-electron chi connectivity index (χ0n) is 22.5. The molecule has 1 fully saturated rings. The topological polar surface area (TPSA) is 44.8 Å². The van der Waals surface area contributed by atoms with E-state index in [1.807, 2.05) is 19.9 Å². The number of esters is 1. The van der Waals surface area contributed by atoms with Crippen molar-refractivity contribution in [1.29, 1.82) is 0 Å². The summed E-state index contributed by atoms with van der Waals surface area (Å²) in [6.45, 7) is 5.10. The van der Waals surface area contributed by atoms with Crippen LogP contribution < -0.4 is 9.47 Å². The van der Waals surface area contributed by atoms with Crippen molar-refractivity contribution in [3.63, 3.8) is 0 Å². The van der Waals surface area contributed by atoms with E-state index in [1.54, 1.807) is 30.3 Å². The van der Waals surface area contributed by atoms with Crippen molar-refractivity contribution in [3.8, 4) is 22.6 Å². The van der Waals surface area contributed by atoms with E-state index in [-0.39, 0.29) is 23.0 Å². The van der Waals surface area contributed by atoms with E-state index in [0.29, 0.717) is 50.2 Å². The number of halogens is 3. The number of benzene rings is 3. The summed E-state index contributed by atoms with van der Waals surface area (Å²) in [6, 6.07) is 14.4. The molecule has 0 radical (unpaired) electrons. The molecular weight excluding hydrogens is 505 g/mol. The van der Waals surface area contributed by atoms with Crippen molar-refractivity contribution in [2.24, 2.45) is 0 Å². The van der Waals surface area contributed by atoms with Gasteiger partial charge in [0, 0.05) is 5.56 Å². The Kier molecular flexibility index (Phi) is 9.90. The zero-order chi connectivity index (χ0) is 27.8. The predicted molar refractivity (Wildman–Crippen MR) is 145 cm³/mol. The van der Waals surface area contributed by atoms with Crippen molar-refractivity contribution in [1.82, 2.24) is 0 Å². The Hall–Kier alpha value is -3.48. The second kappa shape index (κ2) is 13.5. The van der Waals surface area contributed by atoms with Crippen molar-refractivity contribution < 1.29 is 32.2 Å². The molecule has 7 heteroatoms. The summed E-state index contributed by atoms with van der Waals surface area (Å²) in [7, 11) is 0. The molecule has 0 heterocycles. The van der Waals surface area contributed by atoms with Gasteiger partial charge in [-0.3, -0.25) is 0 Å². The van der Waals surface area contributed by atoms with Gasteiger partial charge in [0.2, 0.25) is 0 Å². The molecule has 0 aromatic heterocycles. The van der Waals surface area contributed by atoms with Gasteiger partial charge in [0.15, 0.2) is 23.2 Å². The van der Waals surface area contributed by atoms with Gasteiger partial charge in [0.1, 0.15) is 11.9 Å². The highest BCUT2D eigenvalue weighted by Gasteiger charge is 2.28. The van der Waals surface area contributed by atoms with Crippen molar-refractivity contribution in [2.75, 3.05) is 13.2 Å². The second-order valence-corrected chi connectivity index (χ2v) is 9.93. The van der Waals surface area contributed by atoms with Crippen LogP contribution in [0.5, 0.6) is 11.5 Å². The maximum atomic E-state index is 14.9. The lowest BCUT2D eigenvalue weighted by molar-refractivity contribution is 0.0189. The van der Waals surface area contributed by atoms with Crippen LogP contribution in [0.25, 0.3) is 11.1 Å². The number of unbranched alkanes of at least 4 members (excludes halogenated alkanes) is 1. The minimum Gasteiger partial charge on any atom is -0.494 e. The zero-order valence-corrected chi connectivity index (χ0v) is 22.5. The highest BCUT2D eigenvalue weighted by molar-refractivity contribution is 5.90. The maximum absolute atomic E-state index is 14.9. The molecule has 0 unspecified atom stereocenters. The molecule has 0 spiro atoms. The summed E-state index contributed by atoms with van der Waals surface area (Å²) in [5, 5.41) is 0. The van der Waals surface area contributed by atoms with Crippen molar-refractivity contribution in [3.05, 3.63) is 83.2 Å². The first-order valence-corrected chi connectivity index (χ1v) is 13.8. The van der Waals surface area contributed by atoms with E-state index in [4.69, 9.17) is 14.2 Å². The lowest BCUT2D eigenvalue weighted by Gasteiger charge is -2.28. The first-order valence-electron chi connectivity index (χ1n) is 13.8. The normalized spacial score (nSPS) is 17.1. The minimum absolute atomic E-state index is 0.0561. The molecule has 1 saturated carbocycles. The third kappa shape index (κ3) is 7.14. The Bertz CT molecular complexity index is 1250. The van der Waals surface area contributed by atoms with Crippen molar-refractivity contribution in [2.45, 2.75) is 70.8 Å². The molecule has 1 aliphatic carbocycles. The van der Waals surface area contributed by atoms with E-state index in [2.05, 4.69) is 0 Å². The summed E-state index contributed by atoms with van der Waals surface area (Å²) < 4.78 is 60.9. The number of carbonyl (C=O) groups excluding carboxylic acids is 1. The summed E-state index contributed by atoms with van der Waals surface area (Å²) in [5.74, 6) is -2.55. The molecule has 1 aliphatic rings. The van der Waals surface area contributed by atoms with Crippen LogP contribution in [-0.4, -0.2) is 25.3 Å². The molecule has 0 bridgehead atoms. The van der Waals surface area contributed by atoms with Crippen molar-refractivity contribution >= 4 is 5.97 Å². The maximum Gasteiger partial charge on any atom is 0.341 e. The quantitative estimate of drug-likeness (QED) is 0.180.